The summed E-state index contributed by atoms with van der Waals surface area (Å²) in [7, 11) is 0. The Morgan fingerprint density at radius 1 is 0.632 bits per heavy atom. The van der Waals surface area contributed by atoms with Crippen LogP contribution in [0.2, 0.25) is 0 Å². The molecule has 0 bridgehead atoms. The number of alkyl halides is 6. The van der Waals surface area contributed by atoms with Gasteiger partial charge in [0.25, 0.3) is 11.5 Å². The Hall–Kier alpha value is -3.96. The summed E-state index contributed by atoms with van der Waals surface area (Å²) in [4.78, 5) is 50.6. The second-order valence-corrected chi connectivity index (χ2v) is 14.5. The van der Waals surface area contributed by atoms with E-state index in [1.165, 1.54) is 25.0 Å². The molecule has 3 fully saturated rings. The van der Waals surface area contributed by atoms with Crippen LogP contribution in [0.5, 0.6) is 0 Å². The molecule has 2 saturated carbocycles. The number of hydrogen-bond donors (Lipinski definition) is 3. The first-order chi connectivity index (χ1) is 26.4. The molecular weight excluding hydrogens is 769 g/mol. The zero-order chi connectivity index (χ0) is 40.7. The van der Waals surface area contributed by atoms with Crippen molar-refractivity contribution in [3.63, 3.8) is 0 Å². The first kappa shape index (κ1) is 45.7. The zero-order valence-electron chi connectivity index (χ0n) is 31.4. The van der Waals surface area contributed by atoms with E-state index in [2.05, 4.69) is 10.6 Å². The number of rotatable bonds is 13. The van der Waals surface area contributed by atoms with Crippen LogP contribution in [0.3, 0.4) is 0 Å². The molecule has 0 unspecified atom stereocenters. The van der Waals surface area contributed by atoms with E-state index in [1.54, 1.807) is 41.3 Å². The standard InChI is InChI=1S/C27H29F6N3O3.C13H15NO3.Na/c28-26(29,30)25(39,27(31,32)33)22-9-5-20(6-10-22)17-35-11-13-36(14-12-35)24(38)21-7-3-18(4-8-21)15-23(37)34-16-19-1-2-19;15-12(14-8-10-1-2-10)7-9-3-5-11(6-4-9)13(16)17;/h3-10,19,39H,1-2,11-17H2,(H,34,37);3-6,10H,1-2,7-8H2,(H,14,15)(H,16,17);/q;;+1/p-1. The number of amides is 3. The average Bonchev–Trinajstić information content (AvgIpc) is 4.10. The van der Waals surface area contributed by atoms with Gasteiger partial charge in [-0.1, -0.05) is 60.7 Å². The quantitative estimate of drug-likeness (QED) is 0.174. The Kier molecular flexibility index (Phi) is 15.8. The largest absolute Gasteiger partial charge is 1.00 e. The number of carbonyl (C=O) groups excluding carboxylic acids is 4. The van der Waals surface area contributed by atoms with E-state index in [9.17, 15) is 55.7 Å². The van der Waals surface area contributed by atoms with Gasteiger partial charge in [0.15, 0.2) is 0 Å². The molecule has 3 aliphatic rings. The fourth-order valence-corrected chi connectivity index (χ4v) is 6.07. The van der Waals surface area contributed by atoms with E-state index in [0.29, 0.717) is 74.2 Å². The van der Waals surface area contributed by atoms with Gasteiger partial charge in [0, 0.05) is 56.9 Å². The number of carboxylic acids is 1. The molecule has 302 valence electrons. The Bertz CT molecular complexity index is 1810. The van der Waals surface area contributed by atoms with Gasteiger partial charge in [0.2, 0.25) is 11.8 Å². The zero-order valence-corrected chi connectivity index (χ0v) is 33.4. The maximum atomic E-state index is 13.1. The number of halogens is 6. The molecule has 3 aromatic carbocycles. The molecule has 57 heavy (non-hydrogen) atoms. The van der Waals surface area contributed by atoms with Crippen LogP contribution in [-0.4, -0.2) is 90.2 Å². The second-order valence-electron chi connectivity index (χ2n) is 14.5. The van der Waals surface area contributed by atoms with Crippen LogP contribution in [0.15, 0.2) is 72.8 Å². The SMILES string of the molecule is O=C(Cc1ccc(C(=O)N2CCN(Cc3ccc(C(O)(C(F)(F)F)C(F)(F)F)cc3)CC2)cc1)NCC1CC1.O=C(Cc1ccc(C(=O)[O-])cc1)NCC1CC1.[Na+]. The molecule has 1 heterocycles. The third-order valence-electron chi connectivity index (χ3n) is 9.95. The Balaban J connectivity index is 0.000000334. The minimum Gasteiger partial charge on any atom is -0.545 e. The van der Waals surface area contributed by atoms with E-state index in [4.69, 9.17) is 0 Å². The average molecular weight is 813 g/mol. The Morgan fingerprint density at radius 3 is 1.42 bits per heavy atom. The van der Waals surface area contributed by atoms with Gasteiger partial charge in [0.05, 0.1) is 18.8 Å². The molecule has 17 heteroatoms. The summed E-state index contributed by atoms with van der Waals surface area (Å²) in [6.07, 6.45) is -6.60. The van der Waals surface area contributed by atoms with Crippen molar-refractivity contribution in [1.29, 1.82) is 0 Å². The molecule has 3 aromatic rings. The summed E-state index contributed by atoms with van der Waals surface area (Å²) in [6, 6.07) is 16.6. The van der Waals surface area contributed by atoms with Gasteiger partial charge in [-0.2, -0.15) is 26.3 Å². The molecule has 0 aromatic heterocycles. The third kappa shape index (κ3) is 13.0. The molecule has 6 rings (SSSR count). The number of benzene rings is 3. The Morgan fingerprint density at radius 2 is 1.04 bits per heavy atom. The number of aliphatic hydroxyl groups is 1. The maximum Gasteiger partial charge on any atom is 1.00 e. The molecule has 2 aliphatic carbocycles. The first-order valence-electron chi connectivity index (χ1n) is 18.3. The number of carboxylic acid groups (broad SMARTS) is 1. The van der Waals surface area contributed by atoms with Gasteiger partial charge < -0.3 is 30.5 Å². The van der Waals surface area contributed by atoms with Crippen molar-refractivity contribution in [3.05, 3.63) is 106 Å². The van der Waals surface area contributed by atoms with Crippen LogP contribution >= 0.6 is 0 Å². The van der Waals surface area contributed by atoms with Crippen molar-refractivity contribution in [2.24, 2.45) is 11.8 Å². The summed E-state index contributed by atoms with van der Waals surface area (Å²) in [5.74, 6) is -0.171. The maximum absolute atomic E-state index is 13.1. The van der Waals surface area contributed by atoms with Gasteiger partial charge >= 0.3 is 41.9 Å². The van der Waals surface area contributed by atoms with Crippen molar-refractivity contribution in [3.8, 4) is 0 Å². The molecule has 0 spiro atoms. The molecule has 10 nitrogen and oxygen atoms in total. The van der Waals surface area contributed by atoms with Gasteiger partial charge in [-0.3, -0.25) is 19.3 Å². The summed E-state index contributed by atoms with van der Waals surface area (Å²) >= 11 is 0. The molecule has 0 radical (unpaired) electrons. The van der Waals surface area contributed by atoms with Crippen molar-refractivity contribution in [2.75, 3.05) is 39.3 Å². The van der Waals surface area contributed by atoms with Crippen LogP contribution in [0.1, 0.15) is 68.7 Å². The molecular formula is C40H43F6N4NaO6. The molecule has 1 aliphatic heterocycles. The minimum atomic E-state index is -5.93. The van der Waals surface area contributed by atoms with E-state index in [1.807, 2.05) is 4.90 Å². The van der Waals surface area contributed by atoms with Crippen LogP contribution in [0.25, 0.3) is 0 Å². The summed E-state index contributed by atoms with van der Waals surface area (Å²) in [5, 5.41) is 25.8. The number of piperazine rings is 1. The van der Waals surface area contributed by atoms with Gasteiger partial charge in [-0.15, -0.1) is 0 Å². The number of nitrogens with zero attached hydrogens (tertiary/aromatic N) is 2. The van der Waals surface area contributed by atoms with E-state index >= 15 is 0 Å². The van der Waals surface area contributed by atoms with Crippen LogP contribution in [0, 0.1) is 11.8 Å². The predicted molar refractivity (Wildman–Crippen MR) is 190 cm³/mol. The van der Waals surface area contributed by atoms with Crippen molar-refractivity contribution >= 4 is 23.7 Å². The summed E-state index contributed by atoms with van der Waals surface area (Å²) < 4.78 is 78.5. The fraction of sp³-hybridized carbons (Fsp3) is 0.450. The number of aromatic carboxylic acids is 1. The van der Waals surface area contributed by atoms with E-state index in [0.717, 1.165) is 42.6 Å². The smallest absolute Gasteiger partial charge is 0.545 e. The normalized spacial score (nSPS) is 16.1. The molecule has 1 saturated heterocycles. The topological polar surface area (TPSA) is 142 Å². The van der Waals surface area contributed by atoms with Crippen molar-refractivity contribution < 1.29 is 85.3 Å². The second kappa shape index (κ2) is 19.7. The van der Waals surface area contributed by atoms with Crippen LogP contribution in [0.4, 0.5) is 26.3 Å². The first-order valence-corrected chi connectivity index (χ1v) is 18.3. The predicted octanol–water partition coefficient (Wildman–Crippen LogP) is 1.15. The van der Waals surface area contributed by atoms with Crippen molar-refractivity contribution in [2.45, 2.75) is 63.0 Å². The van der Waals surface area contributed by atoms with E-state index < -0.39 is 29.5 Å². The van der Waals surface area contributed by atoms with Crippen LogP contribution in [-0.2, 0) is 34.6 Å². The van der Waals surface area contributed by atoms with Gasteiger partial charge in [-0.05, 0) is 71.9 Å². The third-order valence-corrected chi connectivity index (χ3v) is 9.95. The minimum absolute atomic E-state index is 0. The van der Waals surface area contributed by atoms with E-state index in [-0.39, 0.29) is 65.8 Å². The number of hydrogen-bond acceptors (Lipinski definition) is 7. The number of nitrogens with one attached hydrogen (secondary N) is 2. The molecule has 3 amide bonds. The van der Waals surface area contributed by atoms with Crippen LogP contribution < -0.4 is 45.3 Å². The Labute approximate surface area is 348 Å². The summed E-state index contributed by atoms with van der Waals surface area (Å²) in [6.45, 7) is 3.43. The van der Waals surface area contributed by atoms with Crippen molar-refractivity contribution in [1.82, 2.24) is 20.4 Å². The van der Waals surface area contributed by atoms with Gasteiger partial charge in [-0.25, -0.2) is 0 Å². The molecule has 0 atom stereocenters. The monoisotopic (exact) mass is 812 g/mol. The fourth-order valence-electron chi connectivity index (χ4n) is 6.07. The molecule has 3 N–H and O–H groups in total. The number of carbonyl (C=O) groups is 4. The summed E-state index contributed by atoms with van der Waals surface area (Å²) in [5.41, 5.74) is -3.54. The van der Waals surface area contributed by atoms with Gasteiger partial charge in [0.1, 0.15) is 0 Å².